The fraction of sp³-hybridized carbons (Fsp3) is 0.846. The molecule has 2 atom stereocenters. The van der Waals surface area contributed by atoms with E-state index in [9.17, 15) is 0 Å². The van der Waals surface area contributed by atoms with Gasteiger partial charge in [-0.1, -0.05) is 46.0 Å². The zero-order chi connectivity index (χ0) is 10.3. The first-order valence-corrected chi connectivity index (χ1v) is 5.58. The van der Waals surface area contributed by atoms with E-state index in [1.807, 2.05) is 0 Å². The Morgan fingerprint density at radius 2 is 1.92 bits per heavy atom. The van der Waals surface area contributed by atoms with Crippen molar-refractivity contribution in [3.63, 3.8) is 0 Å². The molecule has 0 aliphatic rings. The van der Waals surface area contributed by atoms with E-state index in [1.54, 1.807) is 0 Å². The third-order valence-corrected chi connectivity index (χ3v) is 3.18. The van der Waals surface area contributed by atoms with E-state index >= 15 is 0 Å². The average molecular weight is 180 g/mol. The van der Waals surface area contributed by atoms with Gasteiger partial charge in [-0.2, -0.15) is 0 Å². The molecule has 2 unspecified atom stereocenters. The van der Waals surface area contributed by atoms with Crippen molar-refractivity contribution in [2.45, 2.75) is 59.8 Å². The lowest BCUT2D eigenvalue weighted by Crippen LogP contribution is -2.23. The third-order valence-electron chi connectivity index (χ3n) is 3.18. The Morgan fingerprint density at radius 3 is 2.31 bits per heavy atom. The van der Waals surface area contributed by atoms with E-state index in [4.69, 9.17) is 6.42 Å². The highest BCUT2D eigenvalue weighted by Crippen LogP contribution is 2.34. The minimum absolute atomic E-state index is 0.129. The van der Waals surface area contributed by atoms with Gasteiger partial charge in [-0.25, -0.2) is 0 Å². The number of hydrogen-bond acceptors (Lipinski definition) is 0. The van der Waals surface area contributed by atoms with E-state index in [0.29, 0.717) is 5.92 Å². The molecule has 13 heavy (non-hydrogen) atoms. The van der Waals surface area contributed by atoms with Crippen LogP contribution in [0.25, 0.3) is 0 Å². The van der Waals surface area contributed by atoms with E-state index < -0.39 is 0 Å². The Bertz CT molecular complexity index is 163. The number of terminal acetylenes is 1. The smallest absolute Gasteiger partial charge is 0.0309 e. The van der Waals surface area contributed by atoms with Crippen molar-refractivity contribution in [3.8, 4) is 12.3 Å². The van der Waals surface area contributed by atoms with Crippen LogP contribution in [0, 0.1) is 23.7 Å². The zero-order valence-electron chi connectivity index (χ0n) is 9.69. The monoisotopic (exact) mass is 180 g/mol. The highest BCUT2D eigenvalue weighted by Gasteiger charge is 2.27. The molecule has 0 heteroatoms. The second-order valence-corrected chi connectivity index (χ2v) is 4.36. The van der Waals surface area contributed by atoms with Crippen molar-refractivity contribution in [2.75, 3.05) is 0 Å². The average Bonchev–Trinajstić information content (AvgIpc) is 2.14. The molecule has 0 heterocycles. The number of rotatable bonds is 6. The van der Waals surface area contributed by atoms with Gasteiger partial charge >= 0.3 is 0 Å². The molecular weight excluding hydrogens is 156 g/mol. The Hall–Kier alpha value is -0.440. The Balaban J connectivity index is 4.13. The van der Waals surface area contributed by atoms with E-state index in [0.717, 1.165) is 6.42 Å². The van der Waals surface area contributed by atoms with Crippen LogP contribution in [0.15, 0.2) is 0 Å². The molecule has 0 aliphatic heterocycles. The quantitative estimate of drug-likeness (QED) is 0.536. The predicted molar refractivity (Wildman–Crippen MR) is 60.5 cm³/mol. The molecule has 0 saturated carbocycles. The van der Waals surface area contributed by atoms with Gasteiger partial charge in [-0.15, -0.1) is 6.42 Å². The summed E-state index contributed by atoms with van der Waals surface area (Å²) >= 11 is 0. The highest BCUT2D eigenvalue weighted by molar-refractivity contribution is 5.05. The van der Waals surface area contributed by atoms with Gasteiger partial charge in [0.1, 0.15) is 0 Å². The lowest BCUT2D eigenvalue weighted by Gasteiger charge is -2.30. The SMILES string of the molecule is C#CC(C)(CCC)C(C)CCCC. The number of hydrogen-bond donors (Lipinski definition) is 0. The summed E-state index contributed by atoms with van der Waals surface area (Å²) < 4.78 is 0. The Labute approximate surface area is 84.1 Å². The summed E-state index contributed by atoms with van der Waals surface area (Å²) in [7, 11) is 0. The first kappa shape index (κ1) is 12.6. The molecule has 0 saturated heterocycles. The summed E-state index contributed by atoms with van der Waals surface area (Å²) in [6.07, 6.45) is 11.8. The lowest BCUT2D eigenvalue weighted by atomic mass is 9.73. The summed E-state index contributed by atoms with van der Waals surface area (Å²) in [4.78, 5) is 0. The maximum absolute atomic E-state index is 5.62. The second kappa shape index (κ2) is 6.08. The minimum Gasteiger partial charge on any atom is -0.120 e. The van der Waals surface area contributed by atoms with Gasteiger partial charge in [0.2, 0.25) is 0 Å². The van der Waals surface area contributed by atoms with Crippen LogP contribution in [0.5, 0.6) is 0 Å². The molecule has 0 nitrogen and oxygen atoms in total. The highest BCUT2D eigenvalue weighted by atomic mass is 14.3. The molecule has 0 aromatic carbocycles. The molecule has 0 bridgehead atoms. The van der Waals surface area contributed by atoms with Crippen LogP contribution < -0.4 is 0 Å². The summed E-state index contributed by atoms with van der Waals surface area (Å²) in [5, 5.41) is 0. The van der Waals surface area contributed by atoms with Crippen LogP contribution >= 0.6 is 0 Å². The summed E-state index contributed by atoms with van der Waals surface area (Å²) in [5.41, 5.74) is 0.129. The van der Waals surface area contributed by atoms with Gasteiger partial charge < -0.3 is 0 Å². The Morgan fingerprint density at radius 1 is 1.31 bits per heavy atom. The molecule has 76 valence electrons. The predicted octanol–water partition coefficient (Wildman–Crippen LogP) is 4.25. The van der Waals surface area contributed by atoms with Crippen LogP contribution in [0.1, 0.15) is 59.8 Å². The molecule has 0 spiro atoms. The lowest BCUT2D eigenvalue weighted by molar-refractivity contribution is 0.248. The van der Waals surface area contributed by atoms with Crippen molar-refractivity contribution in [1.29, 1.82) is 0 Å². The summed E-state index contributed by atoms with van der Waals surface area (Å²) in [5.74, 6) is 3.65. The van der Waals surface area contributed by atoms with Crippen molar-refractivity contribution in [1.82, 2.24) is 0 Å². The Kier molecular flexibility index (Phi) is 5.88. The zero-order valence-corrected chi connectivity index (χ0v) is 9.69. The minimum atomic E-state index is 0.129. The van der Waals surface area contributed by atoms with Crippen LogP contribution in [0.4, 0.5) is 0 Å². The molecule has 0 aromatic heterocycles. The summed E-state index contributed by atoms with van der Waals surface area (Å²) in [6.45, 7) is 8.98. The van der Waals surface area contributed by atoms with Crippen LogP contribution in [-0.2, 0) is 0 Å². The first-order chi connectivity index (χ1) is 6.10. The van der Waals surface area contributed by atoms with Gasteiger partial charge in [-0.3, -0.25) is 0 Å². The topological polar surface area (TPSA) is 0 Å². The molecule has 0 aliphatic carbocycles. The molecule has 0 N–H and O–H groups in total. The normalized spacial score (nSPS) is 17.5. The molecule has 0 aromatic rings. The first-order valence-electron chi connectivity index (χ1n) is 5.58. The molecule has 0 amide bonds. The standard InChI is InChI=1S/C13H24/c1-6-9-10-12(4)13(5,8-3)11-7-2/h3,12H,6-7,9-11H2,1-2,4-5H3. The van der Waals surface area contributed by atoms with Gasteiger partial charge in [0.05, 0.1) is 0 Å². The second-order valence-electron chi connectivity index (χ2n) is 4.36. The van der Waals surface area contributed by atoms with Gasteiger partial charge in [0.15, 0.2) is 0 Å². The maximum atomic E-state index is 5.62. The van der Waals surface area contributed by atoms with E-state index in [1.165, 1.54) is 25.7 Å². The van der Waals surface area contributed by atoms with Crippen LogP contribution in [0.3, 0.4) is 0 Å². The van der Waals surface area contributed by atoms with Crippen LogP contribution in [0.2, 0.25) is 0 Å². The van der Waals surface area contributed by atoms with Crippen molar-refractivity contribution < 1.29 is 0 Å². The largest absolute Gasteiger partial charge is 0.120 e. The maximum Gasteiger partial charge on any atom is 0.0309 e. The van der Waals surface area contributed by atoms with Crippen molar-refractivity contribution in [3.05, 3.63) is 0 Å². The molecule has 0 radical (unpaired) electrons. The van der Waals surface area contributed by atoms with E-state index in [-0.39, 0.29) is 5.41 Å². The van der Waals surface area contributed by atoms with Gasteiger partial charge in [0, 0.05) is 5.41 Å². The fourth-order valence-corrected chi connectivity index (χ4v) is 1.81. The van der Waals surface area contributed by atoms with E-state index in [2.05, 4.69) is 33.6 Å². The number of unbranched alkanes of at least 4 members (excludes halogenated alkanes) is 1. The van der Waals surface area contributed by atoms with Crippen LogP contribution in [-0.4, -0.2) is 0 Å². The van der Waals surface area contributed by atoms with Gasteiger partial charge in [-0.05, 0) is 25.7 Å². The molecular formula is C13H24. The molecule has 0 fully saturated rings. The molecule has 0 rings (SSSR count). The third kappa shape index (κ3) is 3.85. The summed E-state index contributed by atoms with van der Waals surface area (Å²) in [6, 6.07) is 0. The fourth-order valence-electron chi connectivity index (χ4n) is 1.81. The van der Waals surface area contributed by atoms with Crippen molar-refractivity contribution in [2.24, 2.45) is 11.3 Å². The van der Waals surface area contributed by atoms with Crippen molar-refractivity contribution >= 4 is 0 Å². The van der Waals surface area contributed by atoms with Gasteiger partial charge in [0.25, 0.3) is 0 Å².